The molecule has 2 N–H and O–H groups in total. The van der Waals surface area contributed by atoms with Crippen molar-refractivity contribution in [2.24, 2.45) is 0 Å². The highest BCUT2D eigenvalue weighted by molar-refractivity contribution is 7.89. The number of nitrogens with two attached hydrogens (primary N) is 1. The number of nitrogen functional groups attached to an aromatic ring is 1. The molecule has 1 aliphatic heterocycles. The van der Waals surface area contributed by atoms with Crippen molar-refractivity contribution in [2.45, 2.75) is 23.8 Å². The molecule has 8 heteroatoms. The number of benzene rings is 1. The molecule has 3 rings (SSSR count). The SMILES string of the molecule is Nc1c(F)ccc(S(=O)(=O)N2CCN(C3CC3)CC2)c1F. The molecule has 21 heavy (non-hydrogen) atoms. The second kappa shape index (κ2) is 5.19. The van der Waals surface area contributed by atoms with Gasteiger partial charge in [-0.2, -0.15) is 4.31 Å². The molecule has 0 atom stereocenters. The van der Waals surface area contributed by atoms with Gasteiger partial charge in [-0.25, -0.2) is 17.2 Å². The van der Waals surface area contributed by atoms with Crippen LogP contribution in [-0.4, -0.2) is 49.8 Å². The van der Waals surface area contributed by atoms with Gasteiger partial charge in [0.05, 0.1) is 0 Å². The lowest BCUT2D eigenvalue weighted by molar-refractivity contribution is 0.180. The van der Waals surface area contributed by atoms with Crippen molar-refractivity contribution in [3.8, 4) is 0 Å². The summed E-state index contributed by atoms with van der Waals surface area (Å²) in [5, 5.41) is 0. The van der Waals surface area contributed by atoms with Crippen LogP contribution in [0.4, 0.5) is 14.5 Å². The fourth-order valence-electron chi connectivity index (χ4n) is 2.64. The van der Waals surface area contributed by atoms with Gasteiger partial charge >= 0.3 is 0 Å². The molecule has 2 fully saturated rings. The molecule has 5 nitrogen and oxygen atoms in total. The monoisotopic (exact) mass is 317 g/mol. The maximum absolute atomic E-state index is 13.9. The smallest absolute Gasteiger partial charge is 0.246 e. The molecule has 2 aliphatic rings. The summed E-state index contributed by atoms with van der Waals surface area (Å²) in [7, 11) is -3.98. The molecule has 1 aromatic rings. The van der Waals surface area contributed by atoms with E-state index in [1.807, 2.05) is 0 Å². The minimum Gasteiger partial charge on any atom is -0.394 e. The fourth-order valence-corrected chi connectivity index (χ4v) is 4.14. The molecule has 1 heterocycles. The minimum absolute atomic E-state index is 0.315. The number of nitrogens with zero attached hydrogens (tertiary/aromatic N) is 2. The first-order valence-corrected chi connectivity index (χ1v) is 8.33. The van der Waals surface area contributed by atoms with Crippen LogP contribution in [0.15, 0.2) is 17.0 Å². The molecule has 0 bridgehead atoms. The lowest BCUT2D eigenvalue weighted by Crippen LogP contribution is -2.49. The Labute approximate surface area is 122 Å². The predicted molar refractivity (Wildman–Crippen MR) is 74.1 cm³/mol. The van der Waals surface area contributed by atoms with E-state index in [1.54, 1.807) is 0 Å². The number of halogens is 2. The summed E-state index contributed by atoms with van der Waals surface area (Å²) in [6.07, 6.45) is 2.33. The van der Waals surface area contributed by atoms with Gasteiger partial charge < -0.3 is 5.73 Å². The van der Waals surface area contributed by atoms with E-state index in [0.717, 1.165) is 25.0 Å². The number of hydrogen-bond donors (Lipinski definition) is 1. The van der Waals surface area contributed by atoms with E-state index in [1.165, 1.54) is 4.31 Å². The maximum Gasteiger partial charge on any atom is 0.246 e. The van der Waals surface area contributed by atoms with Crippen LogP contribution in [0.25, 0.3) is 0 Å². The Kier molecular flexibility index (Phi) is 3.62. The van der Waals surface area contributed by atoms with E-state index in [0.29, 0.717) is 32.2 Å². The highest BCUT2D eigenvalue weighted by Gasteiger charge is 2.36. The van der Waals surface area contributed by atoms with E-state index < -0.39 is 32.2 Å². The first-order chi connectivity index (χ1) is 9.91. The van der Waals surface area contributed by atoms with Crippen molar-refractivity contribution in [1.29, 1.82) is 0 Å². The molecule has 1 aromatic carbocycles. The van der Waals surface area contributed by atoms with E-state index in [2.05, 4.69) is 4.90 Å². The standard InChI is InChI=1S/C13H17F2N3O2S/c14-10-3-4-11(12(15)13(10)16)21(19,20)18-7-5-17(6-8-18)9-1-2-9/h3-4,9H,1-2,5-8,16H2. The summed E-state index contributed by atoms with van der Waals surface area (Å²) >= 11 is 0. The van der Waals surface area contributed by atoms with Crippen molar-refractivity contribution in [2.75, 3.05) is 31.9 Å². The third kappa shape index (κ3) is 2.63. The summed E-state index contributed by atoms with van der Waals surface area (Å²) in [6.45, 7) is 1.91. The molecule has 0 amide bonds. The number of piperazine rings is 1. The third-order valence-corrected chi connectivity index (χ3v) is 5.96. The zero-order chi connectivity index (χ0) is 15.2. The van der Waals surface area contributed by atoms with Gasteiger partial charge in [0.2, 0.25) is 10.0 Å². The normalized spacial score (nSPS) is 21.6. The molecule has 1 aliphatic carbocycles. The van der Waals surface area contributed by atoms with Gasteiger partial charge in [0.25, 0.3) is 0 Å². The Hall–Kier alpha value is -1.25. The molecule has 1 saturated carbocycles. The molecule has 116 valence electrons. The summed E-state index contributed by atoms with van der Waals surface area (Å²) in [6, 6.07) is 2.39. The Morgan fingerprint density at radius 2 is 1.71 bits per heavy atom. The van der Waals surface area contributed by atoms with Crippen molar-refractivity contribution in [1.82, 2.24) is 9.21 Å². The summed E-state index contributed by atoms with van der Waals surface area (Å²) < 4.78 is 53.2. The third-order valence-electron chi connectivity index (χ3n) is 4.05. The van der Waals surface area contributed by atoms with Gasteiger partial charge in [0.1, 0.15) is 16.4 Å². The maximum atomic E-state index is 13.9. The number of rotatable bonds is 3. The van der Waals surface area contributed by atoms with Crippen LogP contribution in [0, 0.1) is 11.6 Å². The number of hydrogen-bond acceptors (Lipinski definition) is 4. The first kappa shape index (κ1) is 14.7. The zero-order valence-corrected chi connectivity index (χ0v) is 12.2. The Bertz CT molecular complexity index is 654. The molecular weight excluding hydrogens is 300 g/mol. The van der Waals surface area contributed by atoms with Gasteiger partial charge in [0.15, 0.2) is 5.82 Å². The highest BCUT2D eigenvalue weighted by Crippen LogP contribution is 2.30. The average molecular weight is 317 g/mol. The summed E-state index contributed by atoms with van der Waals surface area (Å²) in [5.74, 6) is -2.16. The Balaban J connectivity index is 1.82. The van der Waals surface area contributed by atoms with Gasteiger partial charge in [-0.05, 0) is 25.0 Å². The second-order valence-corrected chi connectivity index (χ2v) is 7.35. The molecule has 0 unspecified atom stereocenters. The van der Waals surface area contributed by atoms with Gasteiger partial charge in [-0.3, -0.25) is 4.90 Å². The molecular formula is C13H17F2N3O2S. The topological polar surface area (TPSA) is 66.6 Å². The van der Waals surface area contributed by atoms with E-state index >= 15 is 0 Å². The van der Waals surface area contributed by atoms with Gasteiger partial charge in [0, 0.05) is 32.2 Å². The zero-order valence-electron chi connectivity index (χ0n) is 11.4. The summed E-state index contributed by atoms with van der Waals surface area (Å²) in [4.78, 5) is 1.70. The van der Waals surface area contributed by atoms with E-state index in [4.69, 9.17) is 5.73 Å². The molecule has 1 saturated heterocycles. The first-order valence-electron chi connectivity index (χ1n) is 6.89. The van der Waals surface area contributed by atoms with Crippen molar-refractivity contribution in [3.05, 3.63) is 23.8 Å². The van der Waals surface area contributed by atoms with Gasteiger partial charge in [-0.15, -0.1) is 0 Å². The molecule has 0 aromatic heterocycles. The van der Waals surface area contributed by atoms with Crippen LogP contribution >= 0.6 is 0 Å². The lowest BCUT2D eigenvalue weighted by Gasteiger charge is -2.34. The van der Waals surface area contributed by atoms with Crippen molar-refractivity contribution >= 4 is 15.7 Å². The Morgan fingerprint density at radius 1 is 1.10 bits per heavy atom. The van der Waals surface area contributed by atoms with Crippen molar-refractivity contribution < 1.29 is 17.2 Å². The van der Waals surface area contributed by atoms with Crippen LogP contribution in [0.2, 0.25) is 0 Å². The quantitative estimate of drug-likeness (QED) is 0.845. The largest absolute Gasteiger partial charge is 0.394 e. The van der Waals surface area contributed by atoms with Crippen LogP contribution in [0.5, 0.6) is 0 Å². The van der Waals surface area contributed by atoms with Gasteiger partial charge in [-0.1, -0.05) is 0 Å². The average Bonchev–Trinajstić information content (AvgIpc) is 3.29. The van der Waals surface area contributed by atoms with Crippen LogP contribution < -0.4 is 5.73 Å². The minimum atomic E-state index is -3.98. The highest BCUT2D eigenvalue weighted by atomic mass is 32.2. The fraction of sp³-hybridized carbons (Fsp3) is 0.538. The molecule has 0 radical (unpaired) electrons. The number of anilines is 1. The van der Waals surface area contributed by atoms with Crippen LogP contribution in [0.1, 0.15) is 12.8 Å². The van der Waals surface area contributed by atoms with Crippen LogP contribution in [-0.2, 0) is 10.0 Å². The second-order valence-electron chi connectivity index (χ2n) is 5.44. The Morgan fingerprint density at radius 3 is 2.29 bits per heavy atom. The van der Waals surface area contributed by atoms with Crippen molar-refractivity contribution in [3.63, 3.8) is 0 Å². The number of sulfonamides is 1. The predicted octanol–water partition coefficient (Wildman–Crippen LogP) is 1.02. The van der Waals surface area contributed by atoms with E-state index in [9.17, 15) is 17.2 Å². The lowest BCUT2D eigenvalue weighted by atomic mass is 10.3. The van der Waals surface area contributed by atoms with E-state index in [-0.39, 0.29) is 0 Å². The van der Waals surface area contributed by atoms with Crippen LogP contribution in [0.3, 0.4) is 0 Å². The summed E-state index contributed by atoms with van der Waals surface area (Å²) in [5.41, 5.74) is 4.48. The molecule has 0 spiro atoms.